The number of methoxy groups -OCH3 is 2. The number of quaternary nitrogens is 1. The van der Waals surface area contributed by atoms with Gasteiger partial charge in [0.1, 0.15) is 29.6 Å². The van der Waals surface area contributed by atoms with E-state index in [1.54, 1.807) is 20.3 Å². The molecule has 2 aliphatic rings. The van der Waals surface area contributed by atoms with Crippen molar-refractivity contribution in [1.82, 2.24) is 0 Å². The molecule has 3 aromatic carbocycles. The fourth-order valence-electron chi connectivity index (χ4n) is 4.76. The molecule has 0 saturated carbocycles. The van der Waals surface area contributed by atoms with Crippen LogP contribution in [0.15, 0.2) is 78.9 Å². The number of piperidine rings is 2. The van der Waals surface area contributed by atoms with E-state index in [9.17, 15) is 9.59 Å². The summed E-state index contributed by atoms with van der Waals surface area (Å²) in [5, 5.41) is 8.43. The molecule has 0 atom stereocenters. The zero-order valence-corrected chi connectivity index (χ0v) is 36.1. The molecule has 2 fully saturated rings. The Labute approximate surface area is 376 Å². The number of nitrogens with two attached hydrogens (primary N) is 1. The average Bonchev–Trinajstić information content (AvgIpc) is 3.04. The van der Waals surface area contributed by atoms with Crippen molar-refractivity contribution in [3.05, 3.63) is 84.4 Å². The molecule has 3 aromatic rings. The molecule has 2 aliphatic heterocycles. The van der Waals surface area contributed by atoms with E-state index in [1.165, 1.54) is 5.56 Å². The van der Waals surface area contributed by atoms with Gasteiger partial charge in [-0.2, -0.15) is 0 Å². The van der Waals surface area contributed by atoms with Gasteiger partial charge in [0.05, 0.1) is 58.6 Å². The van der Waals surface area contributed by atoms with Crippen LogP contribution in [0.2, 0.25) is 0 Å². The van der Waals surface area contributed by atoms with Crippen molar-refractivity contribution in [3.63, 3.8) is 0 Å². The van der Waals surface area contributed by atoms with Crippen molar-refractivity contribution >= 4 is 29.4 Å². The van der Waals surface area contributed by atoms with Crippen LogP contribution in [0, 0.1) is 0 Å². The number of hydrogen-bond donors (Lipinski definition) is 1. The first-order chi connectivity index (χ1) is 20.7. The van der Waals surface area contributed by atoms with Gasteiger partial charge in [-0.15, -0.1) is 0 Å². The average molecular weight is 800 g/mol. The number of ether oxygens (including phenoxy) is 2. The number of benzene rings is 3. The molecule has 2 heterocycles. The monoisotopic (exact) mass is 799 g/mol. The number of likely N-dealkylation sites (tertiary alicyclic amines) is 1. The zero-order valence-electron chi connectivity index (χ0n) is 28.7. The first-order valence-corrected chi connectivity index (χ1v) is 14.1. The molecule has 5 rings (SSSR count). The molecule has 46 heavy (non-hydrogen) atoms. The topological polar surface area (TPSA) is 131 Å². The summed E-state index contributed by atoms with van der Waals surface area (Å²) in [6, 6.07) is 25.9. The van der Waals surface area contributed by atoms with Gasteiger partial charge in [0.2, 0.25) is 0 Å². The molecule has 2 N–H and O–H groups in total. The molecule has 13 heteroatoms. The predicted octanol–water partition coefficient (Wildman–Crippen LogP) is -5.30. The largest absolute Gasteiger partial charge is 1.00 e. The number of carbonyl (C=O) groups is 3. The molecule has 0 aromatic heterocycles. The Morgan fingerprint density at radius 2 is 1.26 bits per heavy atom. The van der Waals surface area contributed by atoms with Crippen LogP contribution >= 0.6 is 0 Å². The smallest absolute Gasteiger partial charge is 1.00 e. The van der Waals surface area contributed by atoms with Crippen LogP contribution in [0.1, 0.15) is 32.7 Å². The van der Waals surface area contributed by atoms with Gasteiger partial charge >= 0.3 is 103 Å². The van der Waals surface area contributed by atoms with Gasteiger partial charge in [-0.25, -0.2) is 0 Å². The van der Waals surface area contributed by atoms with Gasteiger partial charge in [0.15, 0.2) is 0 Å². The van der Waals surface area contributed by atoms with Crippen LogP contribution in [0.3, 0.4) is 0 Å². The predicted molar refractivity (Wildman–Crippen MR) is 165 cm³/mol. The number of halogens is 1. The summed E-state index contributed by atoms with van der Waals surface area (Å²) in [6.45, 7) is 4.47. The van der Waals surface area contributed by atoms with Crippen LogP contribution in [-0.4, -0.2) is 70.0 Å². The van der Waals surface area contributed by atoms with Gasteiger partial charge in [-0.3, -0.25) is 14.4 Å². The zero-order chi connectivity index (χ0) is 31.5. The number of nitrogens with zero attached hydrogens (tertiary/aromatic N) is 2. The Morgan fingerprint density at radius 1 is 0.804 bits per heavy atom. The number of nitrogen functional groups attached to an aromatic ring is 1. The fourth-order valence-corrected chi connectivity index (χ4v) is 4.76. The number of ketones is 2. The quantitative estimate of drug-likeness (QED) is 0.0495. The third-order valence-corrected chi connectivity index (χ3v) is 7.19. The van der Waals surface area contributed by atoms with Crippen molar-refractivity contribution in [1.29, 1.82) is 0 Å². The van der Waals surface area contributed by atoms with E-state index in [1.807, 2.05) is 48.5 Å². The van der Waals surface area contributed by atoms with Crippen molar-refractivity contribution in [2.24, 2.45) is 0 Å². The maximum atomic E-state index is 11.2. The Morgan fingerprint density at radius 3 is 1.74 bits per heavy atom. The molecular weight excluding hydrogens is 755 g/mol. The van der Waals surface area contributed by atoms with E-state index >= 15 is 0 Å². The number of rotatable bonds is 6. The van der Waals surface area contributed by atoms with Crippen molar-refractivity contribution < 1.29 is 167 Å². The number of carbonyl (C=O) groups excluding carboxylic acids is 3. The standard InChI is InChI=1S/C13H18NO.C12H15NO2.C7H9NO.CH2O3.HI.2K.H/c1-14(9-7-13(15)8-10-14)11-12-5-3-2-4-6-12;1-15-12-5-3-2-4-11(12)13-8-6-10(14)7-9-13;1-9-7-5-3-2-4-6(7)8;2-1-4-3;;;;/h2-6H,7-11H2,1H3;2-5H,6-9H2,1H3;2-5H,8H2,1H3;1,3H;1H;;;/q+1;;;;;2*+1;-1/p-2. The molecule has 10 nitrogen and oxygen atoms in total. The Balaban J connectivity index is -0.000000575. The summed E-state index contributed by atoms with van der Waals surface area (Å²) in [6.07, 6.45) is 2.81. The minimum atomic E-state index is -0.181. The third-order valence-electron chi connectivity index (χ3n) is 7.19. The van der Waals surface area contributed by atoms with E-state index in [-0.39, 0.29) is 135 Å². The molecule has 0 radical (unpaired) electrons. The summed E-state index contributed by atoms with van der Waals surface area (Å²) < 4.78 is 11.2. The minimum absolute atomic E-state index is 0. The molecule has 0 amide bonds. The van der Waals surface area contributed by atoms with Crippen LogP contribution in [0.4, 0.5) is 11.4 Å². The second-order valence-corrected chi connectivity index (χ2v) is 10.4. The first kappa shape index (κ1) is 47.7. The molecule has 0 bridgehead atoms. The maximum Gasteiger partial charge on any atom is 1.00 e. The molecule has 0 aliphatic carbocycles. The van der Waals surface area contributed by atoms with E-state index < -0.39 is 0 Å². The van der Waals surface area contributed by atoms with Gasteiger partial charge in [0.25, 0.3) is 6.47 Å². The summed E-state index contributed by atoms with van der Waals surface area (Å²) in [5.41, 5.74) is 8.65. The summed E-state index contributed by atoms with van der Waals surface area (Å²) >= 11 is 0. The Bertz CT molecular complexity index is 1280. The fraction of sp³-hybridized carbons (Fsp3) is 0.364. The third kappa shape index (κ3) is 18.4. The summed E-state index contributed by atoms with van der Waals surface area (Å²) in [7, 11) is 5.53. The van der Waals surface area contributed by atoms with Gasteiger partial charge in [-0.05, 0) is 24.3 Å². The maximum absolute atomic E-state index is 11.2. The molecule has 2 saturated heterocycles. The van der Waals surface area contributed by atoms with Gasteiger partial charge < -0.3 is 60.1 Å². The molecule has 242 valence electrons. The minimum Gasteiger partial charge on any atom is -1.00 e. The number of hydrogen-bond acceptors (Lipinski definition) is 9. The SMILES string of the molecule is COc1ccccc1N.COc1ccccc1N1CCC(=O)CC1.C[N+]1(Cc2ccccc2)CCC(=O)CC1.O=CO[O-].[H-].[I-].[K+].[K+]. The molecule has 0 unspecified atom stereocenters. The Hall–Kier alpha value is -0.407. The van der Waals surface area contributed by atoms with Crippen LogP contribution in [0.25, 0.3) is 0 Å². The first-order valence-electron chi connectivity index (χ1n) is 14.1. The van der Waals surface area contributed by atoms with Crippen molar-refractivity contribution in [2.45, 2.75) is 32.2 Å². The molecule has 0 spiro atoms. The van der Waals surface area contributed by atoms with Gasteiger partial charge in [0, 0.05) is 31.5 Å². The molecular formula is C33H44IK2N3O7. The van der Waals surface area contributed by atoms with Crippen molar-refractivity contribution in [3.8, 4) is 11.5 Å². The summed E-state index contributed by atoms with van der Waals surface area (Å²) in [4.78, 5) is 35.8. The van der Waals surface area contributed by atoms with E-state index in [0.29, 0.717) is 30.1 Å². The van der Waals surface area contributed by atoms with Gasteiger partial charge in [-0.1, -0.05) is 54.6 Å². The van der Waals surface area contributed by atoms with E-state index in [0.717, 1.165) is 67.2 Å². The second kappa shape index (κ2) is 27.4. The summed E-state index contributed by atoms with van der Waals surface area (Å²) in [5.74, 6) is 2.41. The number of para-hydroxylation sites is 4. The Kier molecular flexibility index (Phi) is 28.4. The van der Waals surface area contributed by atoms with E-state index in [2.05, 4.69) is 41.1 Å². The van der Waals surface area contributed by atoms with Crippen LogP contribution in [-0.2, 0) is 25.8 Å². The normalized spacial score (nSPS) is 14.2. The second-order valence-electron chi connectivity index (χ2n) is 10.4. The van der Waals surface area contributed by atoms with E-state index in [4.69, 9.17) is 25.3 Å². The van der Waals surface area contributed by atoms with Crippen molar-refractivity contribution in [2.75, 3.05) is 58.1 Å². The number of anilines is 2. The van der Waals surface area contributed by atoms with Crippen LogP contribution in [0.5, 0.6) is 11.5 Å². The number of Topliss-reactive ketones (excluding diaryl/α,β-unsaturated/α-hetero) is 2. The van der Waals surface area contributed by atoms with Crippen LogP contribution < -0.4 is 152 Å².